The van der Waals surface area contributed by atoms with Crippen LogP contribution in [0.5, 0.6) is 0 Å². The molecular formula is C47H29N3S. The molecule has 0 radical (unpaired) electrons. The van der Waals surface area contributed by atoms with E-state index in [9.17, 15) is 0 Å². The van der Waals surface area contributed by atoms with Gasteiger partial charge in [-0.1, -0.05) is 109 Å². The Morgan fingerprint density at radius 3 is 1.84 bits per heavy atom. The maximum absolute atomic E-state index is 5.15. The number of hydrogen-bond donors (Lipinski definition) is 0. The SMILES string of the molecule is c1ccc(-c2ccc3c(c2)c2c4ccccc4c4c5ccccc5sc4c2n3-c2ccc(-c3nc4ccccc4n3-c3ccccc3)cc2)cc1. The molecule has 51 heavy (non-hydrogen) atoms. The third kappa shape index (κ3) is 4.21. The molecule has 0 unspecified atom stereocenters. The third-order valence-electron chi connectivity index (χ3n) is 10.3. The molecule has 3 nitrogen and oxygen atoms in total. The Morgan fingerprint density at radius 1 is 0.412 bits per heavy atom. The Kier molecular flexibility index (Phi) is 6.12. The van der Waals surface area contributed by atoms with Crippen molar-refractivity contribution in [3.05, 3.63) is 176 Å². The number of aromatic nitrogens is 3. The average molecular weight is 668 g/mol. The number of nitrogens with zero attached hydrogens (tertiary/aromatic N) is 3. The van der Waals surface area contributed by atoms with Crippen LogP contribution in [0.1, 0.15) is 0 Å². The summed E-state index contributed by atoms with van der Waals surface area (Å²) in [5, 5.41) is 7.79. The van der Waals surface area contributed by atoms with Crippen LogP contribution in [0.4, 0.5) is 0 Å². The lowest BCUT2D eigenvalue weighted by atomic mass is 9.97. The van der Waals surface area contributed by atoms with E-state index < -0.39 is 0 Å². The van der Waals surface area contributed by atoms with Crippen molar-refractivity contribution < 1.29 is 0 Å². The van der Waals surface area contributed by atoms with Gasteiger partial charge in [0.2, 0.25) is 0 Å². The van der Waals surface area contributed by atoms with E-state index in [-0.39, 0.29) is 0 Å². The first-order chi connectivity index (χ1) is 25.3. The number of benzene rings is 8. The maximum Gasteiger partial charge on any atom is 0.145 e. The predicted octanol–water partition coefficient (Wildman–Crippen LogP) is 13.0. The molecule has 238 valence electrons. The number of para-hydroxylation sites is 3. The summed E-state index contributed by atoms with van der Waals surface area (Å²) in [6, 6.07) is 63.4. The summed E-state index contributed by atoms with van der Waals surface area (Å²) in [7, 11) is 0. The highest BCUT2D eigenvalue weighted by Gasteiger charge is 2.22. The second-order valence-electron chi connectivity index (χ2n) is 13.1. The Bertz CT molecular complexity index is 3110. The predicted molar refractivity (Wildman–Crippen MR) is 217 cm³/mol. The molecule has 0 saturated carbocycles. The second kappa shape index (κ2) is 11.0. The van der Waals surface area contributed by atoms with Crippen LogP contribution in [0.3, 0.4) is 0 Å². The number of thiophene rings is 1. The zero-order valence-corrected chi connectivity index (χ0v) is 28.3. The smallest absolute Gasteiger partial charge is 0.145 e. The summed E-state index contributed by atoms with van der Waals surface area (Å²) in [4.78, 5) is 5.15. The standard InChI is InChI=1S/C47H29N3S/c1-3-13-30(14-4-1)32-25-28-40-38(29-32)43-35-17-7-8-18-36(35)44-37-19-9-12-22-42(37)51-46(44)45(43)49(40)34-26-23-31(24-27-34)47-48-39-20-10-11-21-41(39)50(47)33-15-5-2-6-16-33/h1-29H. The minimum atomic E-state index is 0.932. The van der Waals surface area contributed by atoms with Crippen molar-refractivity contribution in [3.8, 4) is 33.9 Å². The molecule has 3 heterocycles. The van der Waals surface area contributed by atoms with E-state index >= 15 is 0 Å². The van der Waals surface area contributed by atoms with Crippen LogP contribution in [0, 0.1) is 0 Å². The lowest BCUT2D eigenvalue weighted by Crippen LogP contribution is -1.98. The topological polar surface area (TPSA) is 22.8 Å². The van der Waals surface area contributed by atoms with Gasteiger partial charge in [0.15, 0.2) is 0 Å². The van der Waals surface area contributed by atoms with E-state index in [2.05, 4.69) is 185 Å². The molecule has 0 N–H and O–H groups in total. The molecule has 0 fully saturated rings. The van der Waals surface area contributed by atoms with Crippen LogP contribution in [0.15, 0.2) is 176 Å². The number of rotatable bonds is 4. The molecule has 0 atom stereocenters. The van der Waals surface area contributed by atoms with Crippen molar-refractivity contribution in [2.75, 3.05) is 0 Å². The first-order valence-corrected chi connectivity index (χ1v) is 18.1. The fourth-order valence-corrected chi connectivity index (χ4v) is 9.33. The van der Waals surface area contributed by atoms with Gasteiger partial charge in [0.1, 0.15) is 5.82 Å². The van der Waals surface area contributed by atoms with E-state index in [4.69, 9.17) is 4.98 Å². The molecule has 11 rings (SSSR count). The highest BCUT2D eigenvalue weighted by Crippen LogP contribution is 2.48. The number of hydrogen-bond acceptors (Lipinski definition) is 2. The van der Waals surface area contributed by atoms with Crippen molar-refractivity contribution in [2.24, 2.45) is 0 Å². The lowest BCUT2D eigenvalue weighted by Gasteiger charge is -2.12. The Morgan fingerprint density at radius 2 is 1.04 bits per heavy atom. The van der Waals surface area contributed by atoms with Crippen molar-refractivity contribution in [1.82, 2.24) is 14.1 Å². The van der Waals surface area contributed by atoms with Crippen LogP contribution in [-0.2, 0) is 0 Å². The van der Waals surface area contributed by atoms with Crippen molar-refractivity contribution in [1.29, 1.82) is 0 Å². The Hall–Kier alpha value is -6.49. The minimum absolute atomic E-state index is 0.932. The first-order valence-electron chi connectivity index (χ1n) is 17.3. The molecule has 0 saturated heterocycles. The fraction of sp³-hybridized carbons (Fsp3) is 0. The summed E-state index contributed by atoms with van der Waals surface area (Å²) in [5.41, 5.74) is 10.3. The molecule has 0 aliphatic carbocycles. The van der Waals surface area contributed by atoms with Gasteiger partial charge in [-0.2, -0.15) is 0 Å². The molecule has 8 aromatic carbocycles. The van der Waals surface area contributed by atoms with Gasteiger partial charge >= 0.3 is 0 Å². The van der Waals surface area contributed by atoms with Gasteiger partial charge < -0.3 is 4.57 Å². The van der Waals surface area contributed by atoms with Crippen LogP contribution < -0.4 is 0 Å². The molecule has 0 bridgehead atoms. The van der Waals surface area contributed by atoms with E-state index in [1.165, 1.54) is 63.9 Å². The van der Waals surface area contributed by atoms with Gasteiger partial charge in [-0.3, -0.25) is 4.57 Å². The van der Waals surface area contributed by atoms with Crippen molar-refractivity contribution in [3.63, 3.8) is 0 Å². The quantitative estimate of drug-likeness (QED) is 0.183. The molecule has 0 aliphatic heterocycles. The fourth-order valence-electron chi connectivity index (χ4n) is 8.07. The van der Waals surface area contributed by atoms with E-state index in [1.807, 2.05) is 11.3 Å². The Balaban J connectivity index is 1.21. The Labute approximate surface area is 297 Å². The van der Waals surface area contributed by atoms with E-state index in [0.717, 1.165) is 33.8 Å². The zero-order valence-electron chi connectivity index (χ0n) is 27.5. The van der Waals surface area contributed by atoms with Gasteiger partial charge in [0.25, 0.3) is 0 Å². The van der Waals surface area contributed by atoms with Crippen LogP contribution in [-0.4, -0.2) is 14.1 Å². The molecular weight excluding hydrogens is 639 g/mol. The normalized spacial score (nSPS) is 11.9. The third-order valence-corrected chi connectivity index (χ3v) is 11.5. The van der Waals surface area contributed by atoms with Gasteiger partial charge in [-0.05, 0) is 88.6 Å². The van der Waals surface area contributed by atoms with Crippen LogP contribution in [0.2, 0.25) is 0 Å². The van der Waals surface area contributed by atoms with Crippen molar-refractivity contribution >= 4 is 75.1 Å². The largest absolute Gasteiger partial charge is 0.308 e. The first kappa shape index (κ1) is 28.4. The zero-order chi connectivity index (χ0) is 33.5. The summed E-state index contributed by atoms with van der Waals surface area (Å²) < 4.78 is 7.38. The summed E-state index contributed by atoms with van der Waals surface area (Å²) in [6.45, 7) is 0. The number of fused-ring (bicyclic) bond motifs is 11. The molecule has 0 amide bonds. The van der Waals surface area contributed by atoms with Gasteiger partial charge in [0, 0.05) is 43.2 Å². The second-order valence-corrected chi connectivity index (χ2v) is 14.2. The molecule has 0 spiro atoms. The molecule has 4 heteroatoms. The van der Waals surface area contributed by atoms with Crippen LogP contribution in [0.25, 0.3) is 97.7 Å². The monoisotopic (exact) mass is 667 g/mol. The van der Waals surface area contributed by atoms with Crippen LogP contribution >= 0.6 is 11.3 Å². The van der Waals surface area contributed by atoms with Crippen molar-refractivity contribution in [2.45, 2.75) is 0 Å². The lowest BCUT2D eigenvalue weighted by molar-refractivity contribution is 1.10. The molecule has 0 aliphatic rings. The summed E-state index contributed by atoms with van der Waals surface area (Å²) in [6.07, 6.45) is 0. The highest BCUT2D eigenvalue weighted by atomic mass is 32.1. The maximum atomic E-state index is 5.15. The van der Waals surface area contributed by atoms with Gasteiger partial charge in [-0.25, -0.2) is 4.98 Å². The summed E-state index contributed by atoms with van der Waals surface area (Å²) >= 11 is 1.90. The van der Waals surface area contributed by atoms with E-state index in [1.54, 1.807) is 0 Å². The average Bonchev–Trinajstić information content (AvgIpc) is 3.89. The van der Waals surface area contributed by atoms with E-state index in [0.29, 0.717) is 0 Å². The molecule has 3 aromatic heterocycles. The minimum Gasteiger partial charge on any atom is -0.308 e. The summed E-state index contributed by atoms with van der Waals surface area (Å²) in [5.74, 6) is 0.932. The molecule has 11 aromatic rings. The highest BCUT2D eigenvalue weighted by molar-refractivity contribution is 7.27. The van der Waals surface area contributed by atoms with Gasteiger partial charge in [0.05, 0.1) is 26.8 Å². The van der Waals surface area contributed by atoms with Gasteiger partial charge in [-0.15, -0.1) is 11.3 Å². The number of imidazole rings is 1.